The zero-order chi connectivity index (χ0) is 30.2. The third-order valence-corrected chi connectivity index (χ3v) is 8.06. The number of aromatic nitrogens is 4. The molecule has 0 radical (unpaired) electrons. The van der Waals surface area contributed by atoms with Crippen molar-refractivity contribution in [2.24, 2.45) is 14.1 Å². The number of nitrogens with zero attached hydrogens (tertiary/aromatic N) is 5. The monoisotopic (exact) mass is 572 g/mol. The lowest BCUT2D eigenvalue weighted by Crippen LogP contribution is -2.36. The fraction of sp³-hybridized carbons (Fsp3) is 0.375. The molecular weight excluding hydrogens is 535 g/mol. The summed E-state index contributed by atoms with van der Waals surface area (Å²) in [7, 11) is 3.44. The van der Waals surface area contributed by atoms with E-state index in [0.717, 1.165) is 36.6 Å². The molecule has 4 aromatic rings. The van der Waals surface area contributed by atoms with Gasteiger partial charge in [-0.25, -0.2) is 9.07 Å². The molecule has 2 N–H and O–H groups in total. The summed E-state index contributed by atoms with van der Waals surface area (Å²) in [6.45, 7) is 8.48. The van der Waals surface area contributed by atoms with Crippen molar-refractivity contribution in [3.05, 3.63) is 98.3 Å². The van der Waals surface area contributed by atoms with E-state index < -0.39 is 17.1 Å². The molecular formula is C32H37FN6O3. The van der Waals surface area contributed by atoms with Crippen molar-refractivity contribution in [3.8, 4) is 11.3 Å². The number of amides is 1. The van der Waals surface area contributed by atoms with Gasteiger partial charge in [0.1, 0.15) is 0 Å². The minimum absolute atomic E-state index is 0.0296. The third kappa shape index (κ3) is 5.91. The van der Waals surface area contributed by atoms with E-state index in [1.54, 1.807) is 56.4 Å². The van der Waals surface area contributed by atoms with Crippen molar-refractivity contribution >= 4 is 11.6 Å². The molecule has 1 amide bonds. The third-order valence-electron chi connectivity index (χ3n) is 8.06. The lowest BCUT2D eigenvalue weighted by atomic mass is 9.85. The van der Waals surface area contributed by atoms with Crippen LogP contribution in [0.4, 0.5) is 10.1 Å². The lowest BCUT2D eigenvalue weighted by molar-refractivity contribution is 0.102. The quantitative estimate of drug-likeness (QED) is 0.315. The van der Waals surface area contributed by atoms with Gasteiger partial charge in [0.15, 0.2) is 5.82 Å². The Morgan fingerprint density at radius 3 is 2.40 bits per heavy atom. The summed E-state index contributed by atoms with van der Waals surface area (Å²) in [6, 6.07) is 13.8. The van der Waals surface area contributed by atoms with Crippen LogP contribution in [-0.4, -0.2) is 55.2 Å². The fourth-order valence-corrected chi connectivity index (χ4v) is 5.07. The van der Waals surface area contributed by atoms with Crippen LogP contribution in [0, 0.1) is 12.7 Å². The molecule has 0 spiro atoms. The number of carbonyl (C=O) groups excluding carboxylic acids is 1. The average Bonchev–Trinajstić information content (AvgIpc) is 3.29. The SMILES string of the molecule is Cc1ccc(-c2cc(Cc3cc(CN4CCC4)n(C)n3)c(=O)n(C)n2)c(F)c1NC(=O)c1ccc(C(C)(C)CO)cc1. The Balaban J connectivity index is 1.41. The number of aliphatic hydroxyl groups excluding tert-OH is 1. The molecule has 1 saturated heterocycles. The van der Waals surface area contributed by atoms with Crippen LogP contribution in [0.2, 0.25) is 0 Å². The maximum atomic E-state index is 16.0. The van der Waals surface area contributed by atoms with Crippen LogP contribution in [0.5, 0.6) is 0 Å². The van der Waals surface area contributed by atoms with Gasteiger partial charge in [-0.3, -0.25) is 19.2 Å². The summed E-state index contributed by atoms with van der Waals surface area (Å²) in [4.78, 5) is 28.4. The fourth-order valence-electron chi connectivity index (χ4n) is 5.07. The zero-order valence-corrected chi connectivity index (χ0v) is 24.7. The van der Waals surface area contributed by atoms with E-state index in [4.69, 9.17) is 0 Å². The largest absolute Gasteiger partial charge is 0.395 e. The average molecular weight is 573 g/mol. The number of hydrogen-bond acceptors (Lipinski definition) is 6. The molecule has 1 aliphatic heterocycles. The molecule has 5 rings (SSSR count). The van der Waals surface area contributed by atoms with Gasteiger partial charge in [0.05, 0.1) is 29.4 Å². The molecule has 9 nitrogen and oxygen atoms in total. The van der Waals surface area contributed by atoms with Crippen molar-refractivity contribution in [2.75, 3.05) is 25.0 Å². The Bertz CT molecular complexity index is 1690. The van der Waals surface area contributed by atoms with Crippen LogP contribution in [0.1, 0.15) is 58.7 Å². The molecule has 1 fully saturated rings. The van der Waals surface area contributed by atoms with Gasteiger partial charge in [-0.1, -0.05) is 32.0 Å². The summed E-state index contributed by atoms with van der Waals surface area (Å²) in [5, 5.41) is 21.3. The van der Waals surface area contributed by atoms with Crippen molar-refractivity contribution in [2.45, 2.75) is 45.6 Å². The summed E-state index contributed by atoms with van der Waals surface area (Å²) in [5.41, 5.74) is 3.88. The van der Waals surface area contributed by atoms with Gasteiger partial charge in [0, 0.05) is 49.2 Å². The number of nitrogens with one attached hydrogen (secondary N) is 1. The maximum Gasteiger partial charge on any atom is 0.270 e. The van der Waals surface area contributed by atoms with Gasteiger partial charge in [0.2, 0.25) is 0 Å². The van der Waals surface area contributed by atoms with Gasteiger partial charge in [-0.05, 0) is 67.9 Å². The van der Waals surface area contributed by atoms with E-state index >= 15 is 4.39 Å². The number of rotatable bonds is 9. The number of carbonyl (C=O) groups is 1. The molecule has 0 aliphatic carbocycles. The van der Waals surface area contributed by atoms with Crippen LogP contribution < -0.4 is 10.9 Å². The first-order valence-corrected chi connectivity index (χ1v) is 14.1. The Morgan fingerprint density at radius 2 is 1.76 bits per heavy atom. The number of anilines is 1. The van der Waals surface area contributed by atoms with Gasteiger partial charge >= 0.3 is 0 Å². The van der Waals surface area contributed by atoms with Crippen LogP contribution in [0.25, 0.3) is 11.3 Å². The van der Waals surface area contributed by atoms with E-state index in [-0.39, 0.29) is 35.5 Å². The molecule has 220 valence electrons. The minimum Gasteiger partial charge on any atom is -0.395 e. The van der Waals surface area contributed by atoms with Crippen molar-refractivity contribution in [1.82, 2.24) is 24.5 Å². The Hall–Kier alpha value is -4.15. The molecule has 42 heavy (non-hydrogen) atoms. The zero-order valence-electron chi connectivity index (χ0n) is 24.7. The van der Waals surface area contributed by atoms with E-state index in [9.17, 15) is 14.7 Å². The first kappa shape index (κ1) is 29.3. The lowest BCUT2D eigenvalue weighted by Gasteiger charge is -2.30. The first-order valence-electron chi connectivity index (χ1n) is 14.1. The van der Waals surface area contributed by atoms with E-state index in [1.807, 2.05) is 31.6 Å². The number of hydrogen-bond donors (Lipinski definition) is 2. The highest BCUT2D eigenvalue weighted by atomic mass is 19.1. The van der Waals surface area contributed by atoms with E-state index in [2.05, 4.69) is 20.4 Å². The second-order valence-corrected chi connectivity index (χ2v) is 11.7. The van der Waals surface area contributed by atoms with Crippen molar-refractivity contribution < 1.29 is 14.3 Å². The normalized spacial score (nSPS) is 13.7. The maximum absolute atomic E-state index is 16.0. The molecule has 2 aromatic carbocycles. The predicted molar refractivity (Wildman–Crippen MR) is 160 cm³/mol. The van der Waals surface area contributed by atoms with Crippen molar-refractivity contribution in [1.29, 1.82) is 0 Å². The summed E-state index contributed by atoms with van der Waals surface area (Å²) >= 11 is 0. The van der Waals surface area contributed by atoms with Gasteiger partial charge in [-0.2, -0.15) is 10.2 Å². The van der Waals surface area contributed by atoms with Crippen molar-refractivity contribution in [3.63, 3.8) is 0 Å². The molecule has 0 saturated carbocycles. The summed E-state index contributed by atoms with van der Waals surface area (Å²) in [5.74, 6) is -1.09. The Labute approximate surface area is 244 Å². The highest BCUT2D eigenvalue weighted by Crippen LogP contribution is 2.30. The highest BCUT2D eigenvalue weighted by molar-refractivity contribution is 6.05. The standard InChI is InChI=1S/C32H37FN6O3/c1-20-7-12-26(28(33)29(20)34-30(41)21-8-10-23(11-9-21)32(2,3)19-40)27-16-22(31(42)38(5)36-27)15-24-17-25(37(4)35-24)18-39-13-6-14-39/h7-12,16-17,40H,6,13-15,18-19H2,1-5H3,(H,34,41). The van der Waals surface area contributed by atoms with Crippen LogP contribution in [-0.2, 0) is 32.5 Å². The number of aryl methyl sites for hydroxylation is 3. The highest BCUT2D eigenvalue weighted by Gasteiger charge is 2.22. The van der Waals surface area contributed by atoms with Crippen LogP contribution in [0.3, 0.4) is 0 Å². The number of aliphatic hydroxyl groups is 1. The molecule has 2 aromatic heterocycles. The topological polar surface area (TPSA) is 105 Å². The molecule has 10 heteroatoms. The Kier molecular flexibility index (Phi) is 8.12. The molecule has 3 heterocycles. The molecule has 1 aliphatic rings. The molecule has 0 atom stereocenters. The Morgan fingerprint density at radius 1 is 1.05 bits per heavy atom. The summed E-state index contributed by atoms with van der Waals surface area (Å²) in [6.07, 6.45) is 1.49. The summed E-state index contributed by atoms with van der Waals surface area (Å²) < 4.78 is 19.0. The molecule has 0 bridgehead atoms. The van der Waals surface area contributed by atoms with Crippen LogP contribution in [0.15, 0.2) is 53.3 Å². The van der Waals surface area contributed by atoms with Gasteiger partial charge in [0.25, 0.3) is 11.5 Å². The number of likely N-dealkylation sites (tertiary alicyclic amines) is 1. The van der Waals surface area contributed by atoms with E-state index in [0.29, 0.717) is 16.7 Å². The smallest absolute Gasteiger partial charge is 0.270 e. The second-order valence-electron chi connectivity index (χ2n) is 11.7. The minimum atomic E-state index is -0.631. The predicted octanol–water partition coefficient (Wildman–Crippen LogP) is 3.95. The van der Waals surface area contributed by atoms with Crippen LogP contribution >= 0.6 is 0 Å². The number of benzene rings is 2. The number of halogens is 1. The van der Waals surface area contributed by atoms with E-state index in [1.165, 1.54) is 11.1 Å². The van der Waals surface area contributed by atoms with Gasteiger partial charge in [-0.15, -0.1) is 0 Å². The second kappa shape index (κ2) is 11.6. The molecule has 0 unspecified atom stereocenters. The van der Waals surface area contributed by atoms with Gasteiger partial charge < -0.3 is 10.4 Å². The first-order chi connectivity index (χ1) is 20.0.